The van der Waals surface area contributed by atoms with E-state index in [1.807, 2.05) is 30.3 Å². The van der Waals surface area contributed by atoms with Crippen LogP contribution in [0.5, 0.6) is 0 Å². The lowest BCUT2D eigenvalue weighted by atomic mass is 10.3. The SMILES string of the molecule is C.CO[Si](CNc1ccccc1)(OC)OC. The highest BCUT2D eigenvalue weighted by Crippen LogP contribution is 2.10. The molecular formula is C11H21NO3Si. The third-order valence-corrected chi connectivity index (χ3v) is 4.69. The van der Waals surface area contributed by atoms with Gasteiger partial charge in [0.05, 0.1) is 6.17 Å². The molecule has 0 unspecified atom stereocenters. The fourth-order valence-electron chi connectivity index (χ4n) is 1.23. The van der Waals surface area contributed by atoms with E-state index in [0.717, 1.165) is 5.69 Å². The van der Waals surface area contributed by atoms with E-state index < -0.39 is 8.80 Å². The number of nitrogens with one attached hydrogen (secondary N) is 1. The van der Waals surface area contributed by atoms with Crippen LogP contribution >= 0.6 is 0 Å². The fourth-order valence-corrected chi connectivity index (χ4v) is 2.59. The van der Waals surface area contributed by atoms with Crippen LogP contribution in [0.15, 0.2) is 30.3 Å². The summed E-state index contributed by atoms with van der Waals surface area (Å²) in [6, 6.07) is 9.88. The maximum atomic E-state index is 5.29. The Balaban J connectivity index is 0.00000225. The van der Waals surface area contributed by atoms with Gasteiger partial charge in [-0.2, -0.15) is 0 Å². The maximum absolute atomic E-state index is 5.29. The van der Waals surface area contributed by atoms with Crippen LogP contribution in [0.4, 0.5) is 5.69 Å². The number of hydrogen-bond acceptors (Lipinski definition) is 4. The van der Waals surface area contributed by atoms with Crippen LogP contribution in [0.3, 0.4) is 0 Å². The standard InChI is InChI=1S/C10H17NO3Si.CH4/c1-12-15(13-2,14-3)9-11-10-7-5-4-6-8-10;/h4-8,11H,9H2,1-3H3;1H4. The summed E-state index contributed by atoms with van der Waals surface area (Å²) in [6.07, 6.45) is 0.556. The van der Waals surface area contributed by atoms with Gasteiger partial charge in [0, 0.05) is 27.0 Å². The van der Waals surface area contributed by atoms with Gasteiger partial charge in [-0.25, -0.2) is 0 Å². The molecule has 0 heterocycles. The summed E-state index contributed by atoms with van der Waals surface area (Å²) in [7, 11) is 2.30. The Labute approximate surface area is 98.9 Å². The summed E-state index contributed by atoms with van der Waals surface area (Å²) >= 11 is 0. The molecule has 0 amide bonds. The highest BCUT2D eigenvalue weighted by Gasteiger charge is 2.37. The molecule has 0 fully saturated rings. The molecule has 5 heteroatoms. The molecular weight excluding hydrogens is 222 g/mol. The Kier molecular flexibility index (Phi) is 6.99. The van der Waals surface area contributed by atoms with Gasteiger partial charge in [0.1, 0.15) is 0 Å². The van der Waals surface area contributed by atoms with Crippen LogP contribution in [0, 0.1) is 0 Å². The van der Waals surface area contributed by atoms with Crippen LogP contribution in [0.1, 0.15) is 7.43 Å². The second kappa shape index (κ2) is 7.40. The van der Waals surface area contributed by atoms with Crippen molar-refractivity contribution in [1.29, 1.82) is 0 Å². The van der Waals surface area contributed by atoms with Crippen molar-refractivity contribution >= 4 is 14.5 Å². The van der Waals surface area contributed by atoms with E-state index in [9.17, 15) is 0 Å². The lowest BCUT2D eigenvalue weighted by molar-refractivity contribution is 0.127. The molecule has 0 spiro atoms. The molecule has 1 N–H and O–H groups in total. The van der Waals surface area contributed by atoms with E-state index in [4.69, 9.17) is 13.3 Å². The zero-order valence-electron chi connectivity index (χ0n) is 9.32. The fraction of sp³-hybridized carbons (Fsp3) is 0.455. The highest BCUT2D eigenvalue weighted by molar-refractivity contribution is 6.61. The number of hydrogen-bond donors (Lipinski definition) is 1. The molecule has 0 aliphatic carbocycles. The summed E-state index contributed by atoms with van der Waals surface area (Å²) in [5, 5.41) is 3.23. The van der Waals surface area contributed by atoms with Gasteiger partial charge in [-0.15, -0.1) is 0 Å². The lowest BCUT2D eigenvalue weighted by Gasteiger charge is -2.24. The second-order valence-electron chi connectivity index (χ2n) is 3.01. The molecule has 1 aromatic carbocycles. The molecule has 0 saturated heterocycles. The summed E-state index contributed by atoms with van der Waals surface area (Å²) < 4.78 is 15.9. The first-order valence-electron chi connectivity index (χ1n) is 4.70. The first-order chi connectivity index (χ1) is 7.26. The third kappa shape index (κ3) is 3.94. The topological polar surface area (TPSA) is 39.7 Å². The van der Waals surface area contributed by atoms with Crippen molar-refractivity contribution < 1.29 is 13.3 Å². The molecule has 0 aliphatic rings. The Morgan fingerprint density at radius 3 is 1.94 bits per heavy atom. The molecule has 0 saturated carbocycles. The number of anilines is 1. The van der Waals surface area contributed by atoms with E-state index in [2.05, 4.69) is 5.32 Å². The Morgan fingerprint density at radius 2 is 1.50 bits per heavy atom. The van der Waals surface area contributed by atoms with Gasteiger partial charge < -0.3 is 18.6 Å². The quantitative estimate of drug-likeness (QED) is 0.777. The zero-order chi connectivity index (χ0) is 11.1. The predicted octanol–water partition coefficient (Wildman–Crippen LogP) is 2.15. The largest absolute Gasteiger partial charge is 0.520 e. The average molecular weight is 243 g/mol. The summed E-state index contributed by atoms with van der Waals surface area (Å²) in [4.78, 5) is 0. The zero-order valence-corrected chi connectivity index (χ0v) is 10.3. The predicted molar refractivity (Wildman–Crippen MR) is 68.4 cm³/mol. The minimum atomic E-state index is -2.51. The number of rotatable bonds is 6. The van der Waals surface area contributed by atoms with Crippen molar-refractivity contribution in [2.45, 2.75) is 7.43 Å². The van der Waals surface area contributed by atoms with E-state index in [0.29, 0.717) is 6.17 Å². The second-order valence-corrected chi connectivity index (χ2v) is 5.96. The minimum Gasteiger partial charge on any atom is -0.381 e. The van der Waals surface area contributed by atoms with E-state index in [1.54, 1.807) is 21.3 Å². The third-order valence-electron chi connectivity index (χ3n) is 2.22. The van der Waals surface area contributed by atoms with Crippen molar-refractivity contribution in [2.24, 2.45) is 0 Å². The van der Waals surface area contributed by atoms with Crippen LogP contribution in [0.25, 0.3) is 0 Å². The maximum Gasteiger partial charge on any atom is 0.520 e. The average Bonchev–Trinajstić information content (AvgIpc) is 2.33. The van der Waals surface area contributed by atoms with Crippen molar-refractivity contribution in [3.63, 3.8) is 0 Å². The van der Waals surface area contributed by atoms with Crippen molar-refractivity contribution in [3.8, 4) is 0 Å². The van der Waals surface area contributed by atoms with Gasteiger partial charge in [0.25, 0.3) is 0 Å². The van der Waals surface area contributed by atoms with Crippen LogP contribution in [0.2, 0.25) is 0 Å². The van der Waals surface area contributed by atoms with Gasteiger partial charge in [0.15, 0.2) is 0 Å². The monoisotopic (exact) mass is 243 g/mol. The Bertz CT molecular complexity index is 270. The molecule has 92 valence electrons. The van der Waals surface area contributed by atoms with E-state index in [-0.39, 0.29) is 7.43 Å². The smallest absolute Gasteiger partial charge is 0.381 e. The van der Waals surface area contributed by atoms with Crippen molar-refractivity contribution in [1.82, 2.24) is 0 Å². The molecule has 0 atom stereocenters. The summed E-state index contributed by atoms with van der Waals surface area (Å²) in [6.45, 7) is 0. The molecule has 0 radical (unpaired) electrons. The minimum absolute atomic E-state index is 0. The highest BCUT2D eigenvalue weighted by atomic mass is 28.4. The number of benzene rings is 1. The molecule has 0 bridgehead atoms. The van der Waals surface area contributed by atoms with Gasteiger partial charge in [-0.05, 0) is 12.1 Å². The molecule has 4 nitrogen and oxygen atoms in total. The number of para-hydroxylation sites is 1. The Morgan fingerprint density at radius 1 is 1.00 bits per heavy atom. The molecule has 0 aromatic heterocycles. The van der Waals surface area contributed by atoms with Crippen LogP contribution in [-0.2, 0) is 13.3 Å². The summed E-state index contributed by atoms with van der Waals surface area (Å²) in [5.74, 6) is 0. The lowest BCUT2D eigenvalue weighted by Crippen LogP contribution is -2.49. The van der Waals surface area contributed by atoms with Crippen molar-refractivity contribution in [2.75, 3.05) is 32.8 Å². The van der Waals surface area contributed by atoms with E-state index in [1.165, 1.54) is 0 Å². The summed E-state index contributed by atoms with van der Waals surface area (Å²) in [5.41, 5.74) is 1.03. The van der Waals surface area contributed by atoms with Gasteiger partial charge in [-0.3, -0.25) is 0 Å². The molecule has 16 heavy (non-hydrogen) atoms. The molecule has 1 aromatic rings. The molecule has 1 rings (SSSR count). The van der Waals surface area contributed by atoms with Crippen LogP contribution in [-0.4, -0.2) is 36.3 Å². The first kappa shape index (κ1) is 15.1. The molecule has 0 aliphatic heterocycles. The van der Waals surface area contributed by atoms with Gasteiger partial charge >= 0.3 is 8.80 Å². The van der Waals surface area contributed by atoms with E-state index >= 15 is 0 Å². The van der Waals surface area contributed by atoms with Gasteiger partial charge in [0.2, 0.25) is 0 Å². The van der Waals surface area contributed by atoms with Crippen molar-refractivity contribution in [3.05, 3.63) is 30.3 Å². The Hall–Kier alpha value is -0.883. The van der Waals surface area contributed by atoms with Gasteiger partial charge in [-0.1, -0.05) is 25.6 Å². The van der Waals surface area contributed by atoms with Crippen LogP contribution < -0.4 is 5.32 Å². The normalized spacial score (nSPS) is 10.7. The first-order valence-corrected chi connectivity index (χ1v) is 6.64.